The highest BCUT2D eigenvalue weighted by Gasteiger charge is 2.06. The fourth-order valence-corrected chi connectivity index (χ4v) is 3.88. The van der Waals surface area contributed by atoms with Crippen molar-refractivity contribution < 1.29 is 17.6 Å². The van der Waals surface area contributed by atoms with Crippen molar-refractivity contribution in [3.05, 3.63) is 95.6 Å². The van der Waals surface area contributed by atoms with E-state index in [0.717, 1.165) is 23.0 Å². The first-order valence-electron chi connectivity index (χ1n) is 9.78. The van der Waals surface area contributed by atoms with Crippen molar-refractivity contribution in [1.29, 1.82) is 0 Å². The molecule has 0 spiro atoms. The highest BCUT2D eigenvalue weighted by Crippen LogP contribution is 2.17. The molecule has 35 heavy (non-hydrogen) atoms. The zero-order valence-corrected chi connectivity index (χ0v) is 21.5. The molecule has 0 fully saturated rings. The molecule has 0 aliphatic rings. The number of benzene rings is 2. The van der Waals surface area contributed by atoms with Crippen LogP contribution >= 0.6 is 49.2 Å². The lowest BCUT2D eigenvalue weighted by molar-refractivity contribution is 0.575. The Morgan fingerprint density at radius 1 is 0.743 bits per heavy atom. The normalized spacial score (nSPS) is 10.1. The van der Waals surface area contributed by atoms with Gasteiger partial charge in [-0.25, -0.2) is 27.5 Å². The lowest BCUT2D eigenvalue weighted by Gasteiger charge is -2.07. The Balaban J connectivity index is 0.000000336. The smallest absolute Gasteiger partial charge is 0.168 e. The van der Waals surface area contributed by atoms with Crippen molar-refractivity contribution in [2.75, 3.05) is 12.3 Å². The van der Waals surface area contributed by atoms with Gasteiger partial charge >= 0.3 is 0 Å². The molecule has 0 amide bonds. The summed E-state index contributed by atoms with van der Waals surface area (Å²) in [6.45, 7) is 1.31. The van der Waals surface area contributed by atoms with Gasteiger partial charge in [-0.05, 0) is 35.4 Å². The Morgan fingerprint density at radius 3 is 1.66 bits per heavy atom. The molecule has 2 heterocycles. The van der Waals surface area contributed by atoms with E-state index in [1.165, 1.54) is 36.0 Å². The molecule has 5 nitrogen and oxygen atoms in total. The second kappa shape index (κ2) is 15.0. The Kier molecular flexibility index (Phi) is 13.3. The molecule has 0 aliphatic heterocycles. The van der Waals surface area contributed by atoms with Crippen LogP contribution < -0.4 is 5.73 Å². The zero-order valence-electron chi connectivity index (χ0n) is 18.2. The molecule has 0 aliphatic carbocycles. The molecule has 2 N–H and O–H groups in total. The van der Waals surface area contributed by atoms with Crippen LogP contribution in [0.5, 0.6) is 0 Å². The summed E-state index contributed by atoms with van der Waals surface area (Å²) in [6.07, 6.45) is 6.72. The topological polar surface area (TPSA) is 61.7 Å². The van der Waals surface area contributed by atoms with E-state index in [-0.39, 0.29) is 24.8 Å². The molecule has 0 radical (unpaired) electrons. The van der Waals surface area contributed by atoms with Crippen LogP contribution in [0.15, 0.2) is 71.5 Å². The van der Waals surface area contributed by atoms with Crippen LogP contribution in [0.4, 0.5) is 17.6 Å². The number of thioether (sulfide) groups is 1. The highest BCUT2D eigenvalue weighted by molar-refractivity contribution is 7.99. The number of nitrogens with zero attached hydrogens (tertiary/aromatic N) is 4. The van der Waals surface area contributed by atoms with Crippen molar-refractivity contribution in [2.45, 2.75) is 23.4 Å². The van der Waals surface area contributed by atoms with Crippen molar-refractivity contribution in [1.82, 2.24) is 19.1 Å². The van der Waals surface area contributed by atoms with Crippen molar-refractivity contribution in [2.24, 2.45) is 5.73 Å². The van der Waals surface area contributed by atoms with Crippen LogP contribution in [0, 0.1) is 23.3 Å². The van der Waals surface area contributed by atoms with Crippen molar-refractivity contribution in [3.8, 4) is 0 Å². The Bertz CT molecular complexity index is 1170. The van der Waals surface area contributed by atoms with Gasteiger partial charge in [-0.15, -0.1) is 37.4 Å². The number of hydrogen-bond donors (Lipinski definition) is 2. The van der Waals surface area contributed by atoms with Crippen LogP contribution in [0.3, 0.4) is 0 Å². The van der Waals surface area contributed by atoms with Crippen LogP contribution in [-0.2, 0) is 13.1 Å². The van der Waals surface area contributed by atoms with Gasteiger partial charge < -0.3 is 14.9 Å². The summed E-state index contributed by atoms with van der Waals surface area (Å²) in [4.78, 5) is 8.07. The number of thiol groups is 1. The zero-order chi connectivity index (χ0) is 23.8. The van der Waals surface area contributed by atoms with Crippen molar-refractivity contribution >= 4 is 49.2 Å². The second-order valence-corrected chi connectivity index (χ2v) is 8.35. The van der Waals surface area contributed by atoms with Gasteiger partial charge in [-0.2, -0.15) is 0 Å². The molecular formula is C22H23Cl2F4N5S2. The summed E-state index contributed by atoms with van der Waals surface area (Å²) < 4.78 is 55.4. The fraction of sp³-hybridized carbons (Fsp3) is 0.182. The summed E-state index contributed by atoms with van der Waals surface area (Å²) in [5, 5.41) is 1.31. The number of halogens is 6. The molecule has 0 saturated heterocycles. The van der Waals surface area contributed by atoms with Crippen LogP contribution in [0.25, 0.3) is 0 Å². The average molecular weight is 568 g/mol. The molecule has 2 aromatic carbocycles. The molecule has 0 bridgehead atoms. The number of aromatic nitrogens is 4. The predicted molar refractivity (Wildman–Crippen MR) is 137 cm³/mol. The molecule has 4 aromatic rings. The predicted octanol–water partition coefficient (Wildman–Crippen LogP) is 5.60. The SMILES string of the molecule is Cl.Cl.Fc1cc(F)cc(Cn2ccnc2S)c1.NCCSc1nccn1Cc1cc(F)cc(F)c1. The standard InChI is InChI=1S/C12H13F2N3S.C10H8F2N2S.2ClH/c13-10-5-9(6-11(14)7-10)8-17-3-2-16-12(17)18-4-1-15;11-8-3-7(4-9(12)5-8)6-14-2-1-13-10(14)15;;/h2-3,5-7H,1,4,8,15H2;1-5H,6H2,(H,13,15);2*1H. The summed E-state index contributed by atoms with van der Waals surface area (Å²) in [7, 11) is 0. The molecule has 0 atom stereocenters. The molecular weight excluding hydrogens is 545 g/mol. The van der Waals surface area contributed by atoms with E-state index in [1.54, 1.807) is 29.4 Å². The third kappa shape index (κ3) is 9.77. The highest BCUT2D eigenvalue weighted by atomic mass is 35.5. The van der Waals surface area contributed by atoms with Gasteiger partial charge in [0.2, 0.25) is 0 Å². The molecule has 13 heteroatoms. The molecule has 0 saturated carbocycles. The summed E-state index contributed by atoms with van der Waals surface area (Å²) >= 11 is 5.62. The van der Waals surface area contributed by atoms with Crippen LogP contribution in [0.2, 0.25) is 0 Å². The Hall–Kier alpha value is -2.18. The van der Waals surface area contributed by atoms with Gasteiger partial charge in [-0.3, -0.25) is 0 Å². The fourth-order valence-electron chi connectivity index (χ4n) is 2.95. The van der Waals surface area contributed by atoms with E-state index in [9.17, 15) is 17.6 Å². The van der Waals surface area contributed by atoms with E-state index in [2.05, 4.69) is 22.6 Å². The van der Waals surface area contributed by atoms with E-state index < -0.39 is 23.3 Å². The van der Waals surface area contributed by atoms with Gasteiger partial charge in [0, 0.05) is 62.3 Å². The van der Waals surface area contributed by atoms with Gasteiger partial charge in [-0.1, -0.05) is 11.8 Å². The first-order valence-corrected chi connectivity index (χ1v) is 11.2. The first-order chi connectivity index (χ1) is 15.8. The van der Waals surface area contributed by atoms with E-state index in [1.807, 2.05) is 4.57 Å². The van der Waals surface area contributed by atoms with E-state index in [4.69, 9.17) is 5.73 Å². The second-order valence-electron chi connectivity index (χ2n) is 6.89. The van der Waals surface area contributed by atoms with Gasteiger partial charge in [0.05, 0.1) is 0 Å². The largest absolute Gasteiger partial charge is 0.330 e. The molecule has 190 valence electrons. The summed E-state index contributed by atoms with van der Waals surface area (Å²) in [5.41, 5.74) is 6.54. The first kappa shape index (κ1) is 30.9. The number of imidazole rings is 2. The van der Waals surface area contributed by atoms with Crippen LogP contribution in [-0.4, -0.2) is 31.4 Å². The maximum atomic E-state index is 13.1. The molecule has 0 unspecified atom stereocenters. The minimum absolute atomic E-state index is 0. The average Bonchev–Trinajstić information content (AvgIpc) is 3.34. The van der Waals surface area contributed by atoms with Gasteiger partial charge in [0.1, 0.15) is 23.3 Å². The monoisotopic (exact) mass is 567 g/mol. The lowest BCUT2D eigenvalue weighted by atomic mass is 10.2. The quantitative estimate of drug-likeness (QED) is 0.173. The number of nitrogens with two attached hydrogens (primary N) is 1. The molecule has 2 aromatic heterocycles. The lowest BCUT2D eigenvalue weighted by Crippen LogP contribution is -2.05. The minimum atomic E-state index is -0.578. The number of hydrogen-bond acceptors (Lipinski definition) is 5. The minimum Gasteiger partial charge on any atom is -0.330 e. The van der Waals surface area contributed by atoms with E-state index in [0.29, 0.717) is 35.9 Å². The summed E-state index contributed by atoms with van der Waals surface area (Å²) in [6, 6.07) is 6.92. The van der Waals surface area contributed by atoms with E-state index >= 15 is 0 Å². The third-order valence-corrected chi connectivity index (χ3v) is 5.68. The van der Waals surface area contributed by atoms with Gasteiger partial charge in [0.25, 0.3) is 0 Å². The maximum absolute atomic E-state index is 13.1. The van der Waals surface area contributed by atoms with Crippen molar-refractivity contribution in [3.63, 3.8) is 0 Å². The number of rotatable bonds is 7. The Morgan fingerprint density at radius 2 is 1.20 bits per heavy atom. The van der Waals surface area contributed by atoms with Gasteiger partial charge in [0.15, 0.2) is 10.3 Å². The van der Waals surface area contributed by atoms with Crippen LogP contribution in [0.1, 0.15) is 11.1 Å². The third-order valence-electron chi connectivity index (χ3n) is 4.27. The Labute approximate surface area is 222 Å². The molecule has 4 rings (SSSR count). The maximum Gasteiger partial charge on any atom is 0.168 e. The summed E-state index contributed by atoms with van der Waals surface area (Å²) in [5.74, 6) is -1.53.